The fourth-order valence-corrected chi connectivity index (χ4v) is 2.03. The van der Waals surface area contributed by atoms with Crippen molar-refractivity contribution in [1.82, 2.24) is 5.43 Å². The molecule has 1 fully saturated rings. The van der Waals surface area contributed by atoms with Crippen LogP contribution in [0.2, 0.25) is 0 Å². The van der Waals surface area contributed by atoms with Gasteiger partial charge in [0.05, 0.1) is 6.61 Å². The second-order valence-electron chi connectivity index (χ2n) is 4.82. The summed E-state index contributed by atoms with van der Waals surface area (Å²) in [7, 11) is 0. The van der Waals surface area contributed by atoms with Gasteiger partial charge in [0, 0.05) is 6.04 Å². The van der Waals surface area contributed by atoms with Crippen LogP contribution in [0.4, 0.5) is 0 Å². The summed E-state index contributed by atoms with van der Waals surface area (Å²) >= 11 is 0. The zero-order valence-corrected chi connectivity index (χ0v) is 10.5. The lowest BCUT2D eigenvalue weighted by molar-refractivity contribution is 0.316. The summed E-state index contributed by atoms with van der Waals surface area (Å²) in [6.07, 6.45) is 4.87. The Kier molecular flexibility index (Phi) is 4.40. The zero-order valence-electron chi connectivity index (χ0n) is 10.5. The molecule has 2 rings (SSSR count). The molecule has 1 aliphatic carbocycles. The molecule has 3 N–H and O–H groups in total. The van der Waals surface area contributed by atoms with Crippen LogP contribution in [0.15, 0.2) is 24.3 Å². The van der Waals surface area contributed by atoms with E-state index in [1.807, 2.05) is 12.1 Å². The van der Waals surface area contributed by atoms with Gasteiger partial charge in [0.2, 0.25) is 0 Å². The molecule has 1 aromatic carbocycles. The largest absolute Gasteiger partial charge is 0.494 e. The molecule has 1 saturated carbocycles. The van der Waals surface area contributed by atoms with Gasteiger partial charge in [-0.1, -0.05) is 31.9 Å². The third kappa shape index (κ3) is 3.72. The Hall–Kier alpha value is -1.06. The Labute approximate surface area is 103 Å². The first-order chi connectivity index (χ1) is 8.33. The number of hydrazine groups is 1. The van der Waals surface area contributed by atoms with E-state index in [0.717, 1.165) is 31.1 Å². The summed E-state index contributed by atoms with van der Waals surface area (Å²) < 4.78 is 5.64. The van der Waals surface area contributed by atoms with Crippen LogP contribution in [0.5, 0.6) is 5.75 Å². The number of hydrogen-bond donors (Lipinski definition) is 2. The molecule has 0 spiro atoms. The van der Waals surface area contributed by atoms with E-state index in [0.29, 0.717) is 0 Å². The highest BCUT2D eigenvalue weighted by molar-refractivity contribution is 5.30. The minimum Gasteiger partial charge on any atom is -0.494 e. The highest BCUT2D eigenvalue weighted by atomic mass is 16.5. The van der Waals surface area contributed by atoms with Crippen LogP contribution in [0, 0.1) is 5.92 Å². The highest BCUT2D eigenvalue weighted by Crippen LogP contribution is 2.37. The van der Waals surface area contributed by atoms with Gasteiger partial charge in [-0.25, -0.2) is 0 Å². The summed E-state index contributed by atoms with van der Waals surface area (Å²) in [6, 6.07) is 8.52. The van der Waals surface area contributed by atoms with E-state index >= 15 is 0 Å². The van der Waals surface area contributed by atoms with Crippen LogP contribution in [-0.2, 0) is 0 Å². The number of hydrogen-bond acceptors (Lipinski definition) is 3. The van der Waals surface area contributed by atoms with Gasteiger partial charge in [-0.2, -0.15) is 0 Å². The maximum absolute atomic E-state index is 5.64. The molecule has 1 atom stereocenters. The fraction of sp³-hybridized carbons (Fsp3) is 0.571. The average molecular weight is 234 g/mol. The second kappa shape index (κ2) is 6.03. The van der Waals surface area contributed by atoms with Gasteiger partial charge in [-0.05, 0) is 36.5 Å². The van der Waals surface area contributed by atoms with E-state index in [2.05, 4.69) is 24.5 Å². The Morgan fingerprint density at radius 1 is 1.47 bits per heavy atom. The maximum Gasteiger partial charge on any atom is 0.119 e. The highest BCUT2D eigenvalue weighted by Gasteiger charge is 2.25. The van der Waals surface area contributed by atoms with Gasteiger partial charge < -0.3 is 4.74 Å². The van der Waals surface area contributed by atoms with Crippen molar-refractivity contribution in [3.63, 3.8) is 0 Å². The van der Waals surface area contributed by atoms with E-state index in [4.69, 9.17) is 10.6 Å². The van der Waals surface area contributed by atoms with Crippen molar-refractivity contribution in [2.45, 2.75) is 38.6 Å². The van der Waals surface area contributed by atoms with Crippen molar-refractivity contribution in [3.8, 4) is 5.75 Å². The summed E-state index contributed by atoms with van der Waals surface area (Å²) in [5.41, 5.74) is 4.15. The summed E-state index contributed by atoms with van der Waals surface area (Å²) in [6.45, 7) is 2.88. The first-order valence-electron chi connectivity index (χ1n) is 6.52. The van der Waals surface area contributed by atoms with Crippen molar-refractivity contribution in [1.29, 1.82) is 0 Å². The molecule has 0 bridgehead atoms. The number of benzene rings is 1. The van der Waals surface area contributed by atoms with Gasteiger partial charge in [0.25, 0.3) is 0 Å². The standard InChI is InChI=1S/C14H22N2O/c1-2-8-17-13-5-3-4-12(10-13)14(16-15)9-11-6-7-11/h3-5,10-11,14,16H,2,6-9,15H2,1H3. The van der Waals surface area contributed by atoms with Crippen molar-refractivity contribution >= 4 is 0 Å². The second-order valence-corrected chi connectivity index (χ2v) is 4.82. The Bertz CT molecular complexity index is 350. The van der Waals surface area contributed by atoms with E-state index in [9.17, 15) is 0 Å². The van der Waals surface area contributed by atoms with Gasteiger partial charge in [0.15, 0.2) is 0 Å². The lowest BCUT2D eigenvalue weighted by atomic mass is 10.0. The van der Waals surface area contributed by atoms with Crippen LogP contribution >= 0.6 is 0 Å². The van der Waals surface area contributed by atoms with Crippen molar-refractivity contribution in [3.05, 3.63) is 29.8 Å². The van der Waals surface area contributed by atoms with Gasteiger partial charge in [0.1, 0.15) is 5.75 Å². The van der Waals surface area contributed by atoms with Crippen LogP contribution in [0.1, 0.15) is 44.2 Å². The summed E-state index contributed by atoms with van der Waals surface area (Å²) in [5.74, 6) is 7.44. The number of nitrogens with two attached hydrogens (primary N) is 1. The van der Waals surface area contributed by atoms with Gasteiger partial charge in [-0.3, -0.25) is 11.3 Å². The maximum atomic E-state index is 5.64. The molecule has 1 aliphatic rings. The molecule has 1 unspecified atom stereocenters. The van der Waals surface area contributed by atoms with Gasteiger partial charge >= 0.3 is 0 Å². The number of nitrogens with one attached hydrogen (secondary N) is 1. The first kappa shape index (κ1) is 12.4. The number of ether oxygens (including phenoxy) is 1. The van der Waals surface area contributed by atoms with E-state index in [-0.39, 0.29) is 6.04 Å². The van der Waals surface area contributed by atoms with E-state index < -0.39 is 0 Å². The normalized spacial score (nSPS) is 16.8. The van der Waals surface area contributed by atoms with Crippen molar-refractivity contribution in [2.24, 2.45) is 11.8 Å². The molecule has 1 aromatic rings. The van der Waals surface area contributed by atoms with Crippen LogP contribution in [-0.4, -0.2) is 6.61 Å². The zero-order chi connectivity index (χ0) is 12.1. The molecule has 3 nitrogen and oxygen atoms in total. The quantitative estimate of drug-likeness (QED) is 0.563. The minimum atomic E-state index is 0.257. The molecule has 0 radical (unpaired) electrons. The lowest BCUT2D eigenvalue weighted by Gasteiger charge is -2.17. The van der Waals surface area contributed by atoms with Crippen LogP contribution in [0.3, 0.4) is 0 Å². The first-order valence-corrected chi connectivity index (χ1v) is 6.52. The Balaban J connectivity index is 2.01. The molecule has 94 valence electrons. The average Bonchev–Trinajstić information content (AvgIpc) is 3.18. The van der Waals surface area contributed by atoms with Crippen molar-refractivity contribution < 1.29 is 4.74 Å². The number of rotatable bonds is 7. The molecule has 3 heteroatoms. The van der Waals surface area contributed by atoms with Crippen LogP contribution < -0.4 is 16.0 Å². The minimum absolute atomic E-state index is 0.257. The Morgan fingerprint density at radius 3 is 2.94 bits per heavy atom. The van der Waals surface area contributed by atoms with E-state index in [1.54, 1.807) is 0 Å². The molecule has 0 aliphatic heterocycles. The molecular weight excluding hydrogens is 212 g/mol. The predicted molar refractivity (Wildman–Crippen MR) is 69.6 cm³/mol. The van der Waals surface area contributed by atoms with Crippen molar-refractivity contribution in [2.75, 3.05) is 6.61 Å². The smallest absolute Gasteiger partial charge is 0.119 e. The van der Waals surface area contributed by atoms with E-state index in [1.165, 1.54) is 18.4 Å². The summed E-state index contributed by atoms with van der Waals surface area (Å²) in [4.78, 5) is 0. The van der Waals surface area contributed by atoms with Gasteiger partial charge in [-0.15, -0.1) is 0 Å². The Morgan fingerprint density at radius 2 is 2.29 bits per heavy atom. The molecule has 17 heavy (non-hydrogen) atoms. The fourth-order valence-electron chi connectivity index (χ4n) is 2.03. The van der Waals surface area contributed by atoms with Crippen LogP contribution in [0.25, 0.3) is 0 Å². The SMILES string of the molecule is CCCOc1cccc(C(CC2CC2)NN)c1. The third-order valence-electron chi connectivity index (χ3n) is 3.20. The molecule has 0 amide bonds. The molecular formula is C14H22N2O. The predicted octanol–water partition coefficient (Wildman–Crippen LogP) is 2.78. The molecule has 0 heterocycles. The third-order valence-corrected chi connectivity index (χ3v) is 3.20. The monoisotopic (exact) mass is 234 g/mol. The summed E-state index contributed by atoms with van der Waals surface area (Å²) in [5, 5.41) is 0. The molecule has 0 saturated heterocycles. The molecule has 0 aromatic heterocycles. The topological polar surface area (TPSA) is 47.3 Å². The lowest BCUT2D eigenvalue weighted by Crippen LogP contribution is -2.28.